The molecular formula is C52H91NO5. The molecule has 58 heavy (non-hydrogen) atoms. The van der Waals surface area contributed by atoms with Gasteiger partial charge in [0.05, 0.1) is 25.2 Å². The lowest BCUT2D eigenvalue weighted by molar-refractivity contribution is -0.148. The summed E-state index contributed by atoms with van der Waals surface area (Å²) in [7, 11) is 0. The zero-order valence-electron chi connectivity index (χ0n) is 37.9. The van der Waals surface area contributed by atoms with Gasteiger partial charge in [0.15, 0.2) is 0 Å². The first kappa shape index (κ1) is 55.3. The summed E-state index contributed by atoms with van der Waals surface area (Å²) < 4.78 is 5.80. The predicted octanol–water partition coefficient (Wildman–Crippen LogP) is 14.2. The van der Waals surface area contributed by atoms with Crippen molar-refractivity contribution in [3.8, 4) is 0 Å². The Bertz CT molecular complexity index is 1090. The van der Waals surface area contributed by atoms with E-state index in [1.165, 1.54) is 103 Å². The fraction of sp³-hybridized carbons (Fsp3) is 0.731. The molecule has 0 aliphatic rings. The van der Waals surface area contributed by atoms with Crippen LogP contribution in [0.1, 0.15) is 220 Å². The molecule has 6 heteroatoms. The number of unbranched alkanes of at least 4 members (excludes halogenated alkanes) is 20. The first-order valence-electron chi connectivity index (χ1n) is 24.2. The minimum absolute atomic E-state index is 0.0478. The Morgan fingerprint density at radius 2 is 0.897 bits per heavy atom. The Morgan fingerprint density at radius 3 is 1.31 bits per heavy atom. The van der Waals surface area contributed by atoms with Gasteiger partial charge in [0.2, 0.25) is 5.91 Å². The number of esters is 1. The smallest absolute Gasteiger partial charge is 0.306 e. The minimum atomic E-state index is -0.819. The lowest BCUT2D eigenvalue weighted by Crippen LogP contribution is -2.46. The van der Waals surface area contributed by atoms with E-state index in [0.29, 0.717) is 19.3 Å². The largest absolute Gasteiger partial charge is 0.458 e. The monoisotopic (exact) mass is 810 g/mol. The van der Waals surface area contributed by atoms with Crippen LogP contribution in [0.15, 0.2) is 72.9 Å². The summed E-state index contributed by atoms with van der Waals surface area (Å²) in [6, 6.07) is -0.742. The van der Waals surface area contributed by atoms with Crippen molar-refractivity contribution in [2.45, 2.75) is 238 Å². The molecule has 0 radical (unpaired) electrons. The quantitative estimate of drug-likeness (QED) is 0.0324. The Balaban J connectivity index is 4.80. The first-order valence-corrected chi connectivity index (χ1v) is 24.2. The molecule has 0 aromatic rings. The number of rotatable bonds is 42. The van der Waals surface area contributed by atoms with E-state index < -0.39 is 18.2 Å². The van der Waals surface area contributed by atoms with Crippen molar-refractivity contribution in [3.05, 3.63) is 72.9 Å². The molecule has 0 aromatic carbocycles. The number of ether oxygens (including phenoxy) is 1. The van der Waals surface area contributed by atoms with Gasteiger partial charge in [0.1, 0.15) is 6.10 Å². The molecule has 0 heterocycles. The number of amides is 1. The third kappa shape index (κ3) is 40.1. The Hall–Kier alpha value is -2.70. The summed E-state index contributed by atoms with van der Waals surface area (Å²) in [5.74, 6) is -0.632. The van der Waals surface area contributed by atoms with Crippen molar-refractivity contribution >= 4 is 11.9 Å². The highest BCUT2D eigenvalue weighted by Crippen LogP contribution is 2.15. The second-order valence-electron chi connectivity index (χ2n) is 16.1. The van der Waals surface area contributed by atoms with E-state index in [-0.39, 0.29) is 24.9 Å². The number of hydrogen-bond donors (Lipinski definition) is 3. The highest BCUT2D eigenvalue weighted by Gasteiger charge is 2.23. The Labute approximate surface area is 358 Å². The van der Waals surface area contributed by atoms with Gasteiger partial charge < -0.3 is 20.3 Å². The molecule has 0 aliphatic heterocycles. The van der Waals surface area contributed by atoms with Crippen LogP contribution in [0.25, 0.3) is 0 Å². The number of allylic oxidation sites excluding steroid dienone is 11. The highest BCUT2D eigenvalue weighted by atomic mass is 16.5. The fourth-order valence-corrected chi connectivity index (χ4v) is 6.90. The number of hydrogen-bond acceptors (Lipinski definition) is 5. The third-order valence-electron chi connectivity index (χ3n) is 10.5. The molecule has 0 rings (SSSR count). The maximum Gasteiger partial charge on any atom is 0.306 e. The van der Waals surface area contributed by atoms with Crippen LogP contribution in [0.5, 0.6) is 0 Å². The molecule has 0 bridgehead atoms. The van der Waals surface area contributed by atoms with Crippen LogP contribution in [-0.2, 0) is 14.3 Å². The van der Waals surface area contributed by atoms with Crippen molar-refractivity contribution in [2.24, 2.45) is 0 Å². The van der Waals surface area contributed by atoms with E-state index in [4.69, 9.17) is 4.74 Å². The molecule has 6 nitrogen and oxygen atoms in total. The van der Waals surface area contributed by atoms with Crippen LogP contribution in [0.3, 0.4) is 0 Å². The fourth-order valence-electron chi connectivity index (χ4n) is 6.90. The second-order valence-corrected chi connectivity index (χ2v) is 16.1. The summed E-state index contributed by atoms with van der Waals surface area (Å²) in [6.45, 7) is 6.30. The van der Waals surface area contributed by atoms with Crippen molar-refractivity contribution < 1.29 is 24.5 Å². The van der Waals surface area contributed by atoms with E-state index in [1.807, 2.05) is 6.08 Å². The zero-order chi connectivity index (χ0) is 42.4. The SMILES string of the molecule is CC/C=C\C/C=C\C/C=C\C/C=C\C/C=C\C/C=C\C(CC(=O)NC(CO)C(O)CCCCCCCCCCCC)OC(=O)CCCCCCCCCCCCCC. The van der Waals surface area contributed by atoms with Crippen LogP contribution in [-0.4, -0.2) is 46.9 Å². The van der Waals surface area contributed by atoms with Crippen LogP contribution in [0, 0.1) is 0 Å². The summed E-state index contributed by atoms with van der Waals surface area (Å²) in [6.07, 6.45) is 57.0. The summed E-state index contributed by atoms with van der Waals surface area (Å²) >= 11 is 0. The number of aliphatic hydroxyl groups is 2. The third-order valence-corrected chi connectivity index (χ3v) is 10.5. The number of nitrogens with one attached hydrogen (secondary N) is 1. The lowest BCUT2D eigenvalue weighted by atomic mass is 10.0. The van der Waals surface area contributed by atoms with Gasteiger partial charge in [0.25, 0.3) is 0 Å². The molecule has 0 saturated carbocycles. The molecule has 0 spiro atoms. The normalized spacial score (nSPS) is 13.9. The van der Waals surface area contributed by atoms with Gasteiger partial charge in [-0.3, -0.25) is 9.59 Å². The number of carbonyl (C=O) groups is 2. The van der Waals surface area contributed by atoms with Gasteiger partial charge in [-0.05, 0) is 57.4 Å². The lowest BCUT2D eigenvalue weighted by Gasteiger charge is -2.23. The van der Waals surface area contributed by atoms with Crippen molar-refractivity contribution in [1.29, 1.82) is 0 Å². The van der Waals surface area contributed by atoms with Gasteiger partial charge in [-0.1, -0.05) is 222 Å². The molecule has 334 valence electrons. The van der Waals surface area contributed by atoms with Gasteiger partial charge >= 0.3 is 5.97 Å². The first-order chi connectivity index (χ1) is 28.5. The molecule has 3 atom stereocenters. The van der Waals surface area contributed by atoms with E-state index in [1.54, 1.807) is 6.08 Å². The van der Waals surface area contributed by atoms with E-state index in [0.717, 1.165) is 70.6 Å². The summed E-state index contributed by atoms with van der Waals surface area (Å²) in [4.78, 5) is 26.0. The molecular weight excluding hydrogens is 719 g/mol. The van der Waals surface area contributed by atoms with Crippen LogP contribution in [0.2, 0.25) is 0 Å². The molecule has 3 unspecified atom stereocenters. The molecule has 1 amide bonds. The van der Waals surface area contributed by atoms with Crippen LogP contribution < -0.4 is 5.32 Å². The molecule has 0 saturated heterocycles. The molecule has 3 N–H and O–H groups in total. The predicted molar refractivity (Wildman–Crippen MR) is 250 cm³/mol. The van der Waals surface area contributed by atoms with E-state index >= 15 is 0 Å². The van der Waals surface area contributed by atoms with E-state index in [9.17, 15) is 19.8 Å². The molecule has 0 fully saturated rings. The average molecular weight is 810 g/mol. The van der Waals surface area contributed by atoms with Gasteiger partial charge in [-0.2, -0.15) is 0 Å². The van der Waals surface area contributed by atoms with Gasteiger partial charge in [-0.25, -0.2) is 0 Å². The van der Waals surface area contributed by atoms with Gasteiger partial charge in [-0.15, -0.1) is 0 Å². The van der Waals surface area contributed by atoms with Crippen molar-refractivity contribution in [2.75, 3.05) is 6.61 Å². The second kappa shape index (κ2) is 45.4. The van der Waals surface area contributed by atoms with Crippen LogP contribution in [0.4, 0.5) is 0 Å². The standard InChI is InChI=1S/C52H91NO5/c1-4-7-10-13-16-19-22-24-25-26-27-28-29-31-34-37-40-43-48(58-52(57)45-42-39-36-33-30-23-20-17-14-11-8-5-2)46-51(56)53-49(47-54)50(55)44-41-38-35-32-21-18-15-12-9-6-3/h7,10,16,19,24-25,27-28,31,34,40,43,48-50,54-55H,4-6,8-9,11-15,17-18,20-23,26,29-30,32-33,35-39,41-42,44-47H2,1-3H3,(H,53,56)/b10-7-,19-16-,25-24-,28-27-,34-31-,43-40-. The highest BCUT2D eigenvalue weighted by molar-refractivity contribution is 5.78. The van der Waals surface area contributed by atoms with Crippen molar-refractivity contribution in [3.63, 3.8) is 0 Å². The summed E-state index contributed by atoms with van der Waals surface area (Å²) in [5, 5.41) is 23.6. The van der Waals surface area contributed by atoms with Crippen LogP contribution >= 0.6 is 0 Å². The Kier molecular flexibility index (Phi) is 43.3. The molecule has 0 aromatic heterocycles. The minimum Gasteiger partial charge on any atom is -0.458 e. The maximum atomic E-state index is 13.1. The van der Waals surface area contributed by atoms with E-state index in [2.05, 4.69) is 86.8 Å². The van der Waals surface area contributed by atoms with Gasteiger partial charge in [0, 0.05) is 6.42 Å². The number of carbonyl (C=O) groups excluding carboxylic acids is 2. The average Bonchev–Trinajstić information content (AvgIpc) is 3.22. The number of aliphatic hydroxyl groups excluding tert-OH is 2. The zero-order valence-corrected chi connectivity index (χ0v) is 37.9. The Morgan fingerprint density at radius 1 is 0.517 bits per heavy atom. The topological polar surface area (TPSA) is 95.9 Å². The summed E-state index contributed by atoms with van der Waals surface area (Å²) in [5.41, 5.74) is 0. The van der Waals surface area contributed by atoms with Crippen molar-refractivity contribution in [1.82, 2.24) is 5.32 Å². The maximum absolute atomic E-state index is 13.1. The molecule has 0 aliphatic carbocycles.